The number of hydrogen-bond donors (Lipinski definition) is 1. The summed E-state index contributed by atoms with van der Waals surface area (Å²) >= 11 is 0. The molecule has 0 unspecified atom stereocenters. The Hall–Kier alpha value is -0.0800. The zero-order chi connectivity index (χ0) is 16.9. The highest BCUT2D eigenvalue weighted by Gasteiger charge is 1.95. The van der Waals surface area contributed by atoms with Gasteiger partial charge >= 0.3 is 0 Å². The van der Waals surface area contributed by atoms with Crippen LogP contribution >= 0.6 is 0 Å². The van der Waals surface area contributed by atoms with Crippen molar-refractivity contribution in [3.05, 3.63) is 0 Å². The van der Waals surface area contributed by atoms with Gasteiger partial charge < -0.3 is 9.84 Å². The van der Waals surface area contributed by atoms with Crippen LogP contribution in [0, 0.1) is 11.8 Å². The third-order valence-corrected chi connectivity index (χ3v) is 2.62. The fraction of sp³-hybridized carbons (Fsp3) is 1.00. The summed E-state index contributed by atoms with van der Waals surface area (Å²) in [7, 11) is 0. The molecule has 0 aromatic heterocycles. The molecule has 2 heteroatoms. The predicted octanol–water partition coefficient (Wildman–Crippen LogP) is 6.07. The van der Waals surface area contributed by atoms with E-state index in [0.717, 1.165) is 26.1 Å². The Labute approximate surface area is 135 Å². The summed E-state index contributed by atoms with van der Waals surface area (Å²) in [6.07, 6.45) is 8.86. The molecule has 0 bridgehead atoms. The minimum atomic E-state index is 0.355. The molecule has 0 saturated heterocycles. The van der Waals surface area contributed by atoms with Crippen LogP contribution in [0.4, 0.5) is 0 Å². The van der Waals surface area contributed by atoms with Crippen LogP contribution in [0.5, 0.6) is 0 Å². The maximum Gasteiger partial charge on any atom is 0.0489 e. The highest BCUT2D eigenvalue weighted by atomic mass is 16.5. The summed E-state index contributed by atoms with van der Waals surface area (Å²) in [6.45, 7) is 17.4. The van der Waals surface area contributed by atoms with Gasteiger partial charge in [0.15, 0.2) is 0 Å². The lowest BCUT2D eigenvalue weighted by Crippen LogP contribution is -2.06. The lowest BCUT2D eigenvalue weighted by Gasteiger charge is -2.07. The summed E-state index contributed by atoms with van der Waals surface area (Å²) in [6, 6.07) is 0. The fourth-order valence-corrected chi connectivity index (χ4v) is 1.40. The number of hydrogen-bond acceptors (Lipinski definition) is 2. The minimum absolute atomic E-state index is 0.355. The van der Waals surface area contributed by atoms with Gasteiger partial charge in [-0.1, -0.05) is 87.0 Å². The Morgan fingerprint density at radius 2 is 1.00 bits per heavy atom. The van der Waals surface area contributed by atoms with Gasteiger partial charge in [-0.3, -0.25) is 0 Å². The van der Waals surface area contributed by atoms with E-state index in [2.05, 4.69) is 48.5 Å². The van der Waals surface area contributed by atoms with Gasteiger partial charge in [-0.2, -0.15) is 0 Å². The van der Waals surface area contributed by atoms with Gasteiger partial charge in [0, 0.05) is 19.8 Å². The lowest BCUT2D eigenvalue weighted by atomic mass is 10.2. The normalized spacial score (nSPS) is 10.0. The van der Waals surface area contributed by atoms with Crippen LogP contribution < -0.4 is 0 Å². The summed E-state index contributed by atoms with van der Waals surface area (Å²) in [4.78, 5) is 0. The molecule has 0 fully saturated rings. The summed E-state index contributed by atoms with van der Waals surface area (Å²) in [5.74, 6) is 1.34. The SMILES string of the molecule is CC(C)COCC(C)C.CCCCCC.CCCCCO. The second-order valence-corrected chi connectivity index (χ2v) is 6.46. The zero-order valence-electron chi connectivity index (χ0n) is 16.1. The minimum Gasteiger partial charge on any atom is -0.396 e. The molecule has 0 aliphatic carbocycles. The molecule has 0 aliphatic heterocycles. The van der Waals surface area contributed by atoms with E-state index in [1.165, 1.54) is 32.1 Å². The molecule has 0 heterocycles. The first-order valence-corrected chi connectivity index (χ1v) is 9.14. The number of unbranched alkanes of at least 4 members (excludes halogenated alkanes) is 5. The van der Waals surface area contributed by atoms with E-state index in [1.807, 2.05) is 0 Å². The van der Waals surface area contributed by atoms with Gasteiger partial charge in [0.1, 0.15) is 0 Å². The van der Waals surface area contributed by atoms with E-state index < -0.39 is 0 Å². The van der Waals surface area contributed by atoms with Crippen LogP contribution in [0.3, 0.4) is 0 Å². The topological polar surface area (TPSA) is 29.5 Å². The average Bonchev–Trinajstić information content (AvgIpc) is 2.43. The first kappa shape index (κ1) is 25.9. The Morgan fingerprint density at radius 3 is 1.19 bits per heavy atom. The van der Waals surface area contributed by atoms with Gasteiger partial charge in [-0.25, -0.2) is 0 Å². The predicted molar refractivity (Wildman–Crippen MR) is 96.9 cm³/mol. The highest BCUT2D eigenvalue weighted by molar-refractivity contribution is 4.42. The van der Waals surface area contributed by atoms with Crippen LogP contribution in [0.25, 0.3) is 0 Å². The van der Waals surface area contributed by atoms with E-state index in [4.69, 9.17) is 9.84 Å². The van der Waals surface area contributed by atoms with E-state index in [9.17, 15) is 0 Å². The highest BCUT2D eigenvalue weighted by Crippen LogP contribution is 1.97. The lowest BCUT2D eigenvalue weighted by molar-refractivity contribution is 0.0886. The van der Waals surface area contributed by atoms with Crippen molar-refractivity contribution in [3.8, 4) is 0 Å². The van der Waals surface area contributed by atoms with Gasteiger partial charge in [-0.15, -0.1) is 0 Å². The molecule has 132 valence electrons. The smallest absolute Gasteiger partial charge is 0.0489 e. The van der Waals surface area contributed by atoms with Crippen molar-refractivity contribution in [3.63, 3.8) is 0 Å². The molecule has 0 rings (SSSR count). The molecule has 0 amide bonds. The molecular formula is C19H44O2. The summed E-state index contributed by atoms with van der Waals surface area (Å²) in [5, 5.41) is 8.20. The first-order valence-electron chi connectivity index (χ1n) is 9.14. The molecule has 0 atom stereocenters. The average molecular weight is 305 g/mol. The molecule has 0 aliphatic rings. The second kappa shape index (κ2) is 24.9. The number of ether oxygens (including phenoxy) is 1. The number of aliphatic hydroxyl groups excluding tert-OH is 1. The number of rotatable bonds is 10. The zero-order valence-corrected chi connectivity index (χ0v) is 16.1. The first-order chi connectivity index (χ1) is 9.95. The monoisotopic (exact) mass is 304 g/mol. The van der Waals surface area contributed by atoms with Crippen LogP contribution in [-0.2, 0) is 4.74 Å². The van der Waals surface area contributed by atoms with Crippen molar-refractivity contribution >= 4 is 0 Å². The van der Waals surface area contributed by atoms with Gasteiger partial charge in [0.25, 0.3) is 0 Å². The molecule has 0 aromatic rings. The molecule has 0 spiro atoms. The Balaban J connectivity index is -0.000000240. The number of aliphatic hydroxyl groups is 1. The van der Waals surface area contributed by atoms with E-state index >= 15 is 0 Å². The van der Waals surface area contributed by atoms with Crippen molar-refractivity contribution in [2.75, 3.05) is 19.8 Å². The van der Waals surface area contributed by atoms with Crippen molar-refractivity contribution in [1.82, 2.24) is 0 Å². The quantitative estimate of drug-likeness (QED) is 0.496. The van der Waals surface area contributed by atoms with Crippen molar-refractivity contribution < 1.29 is 9.84 Å². The van der Waals surface area contributed by atoms with E-state index in [-0.39, 0.29) is 0 Å². The molecular weight excluding hydrogens is 260 g/mol. The molecule has 0 radical (unpaired) electrons. The largest absolute Gasteiger partial charge is 0.396 e. The molecule has 0 saturated carbocycles. The van der Waals surface area contributed by atoms with Crippen molar-refractivity contribution in [2.24, 2.45) is 11.8 Å². The Bertz CT molecular complexity index is 121. The Morgan fingerprint density at radius 1 is 0.667 bits per heavy atom. The van der Waals surface area contributed by atoms with E-state index in [1.54, 1.807) is 0 Å². The van der Waals surface area contributed by atoms with Crippen LogP contribution in [0.15, 0.2) is 0 Å². The van der Waals surface area contributed by atoms with Crippen LogP contribution in [-0.4, -0.2) is 24.9 Å². The fourth-order valence-electron chi connectivity index (χ4n) is 1.40. The van der Waals surface area contributed by atoms with E-state index in [0.29, 0.717) is 18.4 Å². The summed E-state index contributed by atoms with van der Waals surface area (Å²) < 4.78 is 5.36. The molecule has 0 aromatic carbocycles. The Kier molecular flexibility index (Phi) is 30.7. The van der Waals surface area contributed by atoms with Gasteiger partial charge in [0.2, 0.25) is 0 Å². The third-order valence-electron chi connectivity index (χ3n) is 2.62. The maximum atomic E-state index is 8.20. The van der Waals surface area contributed by atoms with Gasteiger partial charge in [-0.05, 0) is 18.3 Å². The molecule has 2 nitrogen and oxygen atoms in total. The maximum absolute atomic E-state index is 8.20. The standard InChI is InChI=1S/C8H18O.C6H14.C5H12O/c1-7(2)5-9-6-8(3)4;1-3-5-6-4-2;1-2-3-4-5-6/h7-8H,5-6H2,1-4H3;3-6H2,1-2H3;6H,2-5H2,1H3. The van der Waals surface area contributed by atoms with Crippen molar-refractivity contribution in [1.29, 1.82) is 0 Å². The van der Waals surface area contributed by atoms with Crippen LogP contribution in [0.2, 0.25) is 0 Å². The molecule has 21 heavy (non-hydrogen) atoms. The van der Waals surface area contributed by atoms with Crippen LogP contribution in [0.1, 0.15) is 93.4 Å². The summed E-state index contributed by atoms with van der Waals surface area (Å²) in [5.41, 5.74) is 0. The second-order valence-electron chi connectivity index (χ2n) is 6.46. The van der Waals surface area contributed by atoms with Gasteiger partial charge in [0.05, 0.1) is 0 Å². The van der Waals surface area contributed by atoms with Crippen molar-refractivity contribution in [2.45, 2.75) is 93.4 Å². The molecule has 1 N–H and O–H groups in total. The third kappa shape index (κ3) is 45.0.